The van der Waals surface area contributed by atoms with Crippen LogP contribution < -0.4 is 4.72 Å². The van der Waals surface area contributed by atoms with E-state index in [9.17, 15) is 8.42 Å². The highest BCUT2D eigenvalue weighted by Gasteiger charge is 2.17. The maximum atomic E-state index is 12.1. The first kappa shape index (κ1) is 15.0. The second kappa shape index (κ2) is 6.84. The summed E-state index contributed by atoms with van der Waals surface area (Å²) in [5.74, 6) is 0. The first-order valence-electron chi connectivity index (χ1n) is 6.73. The average Bonchev–Trinajstić information content (AvgIpc) is 2.48. The molecule has 5 nitrogen and oxygen atoms in total. The predicted molar refractivity (Wildman–Crippen MR) is 74.6 cm³/mol. The van der Waals surface area contributed by atoms with E-state index in [0.29, 0.717) is 18.5 Å². The van der Waals surface area contributed by atoms with Crippen molar-refractivity contribution in [3.8, 4) is 6.07 Å². The molecule has 6 heteroatoms. The summed E-state index contributed by atoms with van der Waals surface area (Å²) in [6.07, 6.45) is 4.05. The molecule has 1 unspecified atom stereocenters. The largest absolute Gasteiger partial charge is 0.378 e. The molecule has 20 heavy (non-hydrogen) atoms. The lowest BCUT2D eigenvalue weighted by Gasteiger charge is -2.22. The Morgan fingerprint density at radius 3 is 2.95 bits per heavy atom. The molecular formula is C14H18N2O3S. The topological polar surface area (TPSA) is 79.2 Å². The van der Waals surface area contributed by atoms with E-state index < -0.39 is 10.0 Å². The Morgan fingerprint density at radius 2 is 2.25 bits per heavy atom. The Morgan fingerprint density at radius 1 is 1.40 bits per heavy atom. The zero-order valence-electron chi connectivity index (χ0n) is 11.2. The van der Waals surface area contributed by atoms with Crippen LogP contribution in [0.25, 0.3) is 0 Å². The van der Waals surface area contributed by atoms with Gasteiger partial charge in [0.2, 0.25) is 10.0 Å². The number of nitrogens with one attached hydrogen (secondary N) is 1. The van der Waals surface area contributed by atoms with E-state index in [1.54, 1.807) is 12.1 Å². The average molecular weight is 294 g/mol. The van der Waals surface area contributed by atoms with Gasteiger partial charge in [0.25, 0.3) is 0 Å². The van der Waals surface area contributed by atoms with Crippen LogP contribution in [0.4, 0.5) is 0 Å². The number of hydrogen-bond acceptors (Lipinski definition) is 4. The zero-order chi connectivity index (χ0) is 14.4. The van der Waals surface area contributed by atoms with Crippen molar-refractivity contribution < 1.29 is 13.2 Å². The molecule has 1 fully saturated rings. The van der Waals surface area contributed by atoms with Gasteiger partial charge in [0.1, 0.15) is 0 Å². The van der Waals surface area contributed by atoms with E-state index in [4.69, 9.17) is 10.00 Å². The van der Waals surface area contributed by atoms with E-state index in [1.807, 2.05) is 6.07 Å². The quantitative estimate of drug-likeness (QED) is 0.898. The summed E-state index contributed by atoms with van der Waals surface area (Å²) in [6.45, 7) is 1.12. The normalized spacial score (nSPS) is 19.4. The van der Waals surface area contributed by atoms with Crippen molar-refractivity contribution in [2.75, 3.05) is 13.2 Å². The molecule has 0 spiro atoms. The molecule has 0 aromatic heterocycles. The van der Waals surface area contributed by atoms with Crippen molar-refractivity contribution in [2.24, 2.45) is 0 Å². The van der Waals surface area contributed by atoms with Gasteiger partial charge in [-0.25, -0.2) is 13.1 Å². The lowest BCUT2D eigenvalue weighted by atomic mass is 10.1. The summed E-state index contributed by atoms with van der Waals surface area (Å²) in [7, 11) is -3.55. The fraction of sp³-hybridized carbons (Fsp3) is 0.500. The highest BCUT2D eigenvalue weighted by Crippen LogP contribution is 2.16. The van der Waals surface area contributed by atoms with Crippen LogP contribution in [0.15, 0.2) is 29.2 Å². The summed E-state index contributed by atoms with van der Waals surface area (Å²) in [6, 6.07) is 7.94. The van der Waals surface area contributed by atoms with Gasteiger partial charge in [0.05, 0.1) is 22.6 Å². The van der Waals surface area contributed by atoms with Gasteiger partial charge in [-0.2, -0.15) is 5.26 Å². The molecule has 1 aromatic rings. The van der Waals surface area contributed by atoms with E-state index in [2.05, 4.69) is 4.72 Å². The Kier molecular flexibility index (Phi) is 5.12. The van der Waals surface area contributed by atoms with Crippen LogP contribution in [0, 0.1) is 11.3 Å². The van der Waals surface area contributed by atoms with E-state index in [1.165, 1.54) is 12.1 Å². The Balaban J connectivity index is 1.91. The Labute approximate surface area is 119 Å². The first-order valence-corrected chi connectivity index (χ1v) is 8.21. The van der Waals surface area contributed by atoms with Gasteiger partial charge in [-0.15, -0.1) is 0 Å². The van der Waals surface area contributed by atoms with Crippen molar-refractivity contribution >= 4 is 10.0 Å². The maximum absolute atomic E-state index is 12.1. The fourth-order valence-electron chi connectivity index (χ4n) is 2.21. The summed E-state index contributed by atoms with van der Waals surface area (Å²) in [5.41, 5.74) is 0.337. The summed E-state index contributed by atoms with van der Waals surface area (Å²) < 4.78 is 32.3. The third kappa shape index (κ3) is 4.04. The maximum Gasteiger partial charge on any atom is 0.240 e. The molecule has 1 saturated heterocycles. The molecule has 1 aromatic carbocycles. The minimum absolute atomic E-state index is 0.126. The molecule has 2 rings (SSSR count). The first-order chi connectivity index (χ1) is 9.62. The summed E-state index contributed by atoms with van der Waals surface area (Å²) in [4.78, 5) is 0.126. The molecule has 0 bridgehead atoms. The molecule has 0 amide bonds. The molecule has 0 radical (unpaired) electrons. The van der Waals surface area contributed by atoms with E-state index in [0.717, 1.165) is 25.9 Å². The standard InChI is InChI=1S/C14H18N2O3S/c15-11-12-4-3-6-14(10-12)20(17,18)16-8-7-13-5-1-2-9-19-13/h3-4,6,10,13,16H,1-2,5,7-9H2. The third-order valence-electron chi connectivity index (χ3n) is 3.31. The number of nitriles is 1. The summed E-state index contributed by atoms with van der Waals surface area (Å²) in [5, 5.41) is 8.79. The minimum Gasteiger partial charge on any atom is -0.378 e. The second-order valence-electron chi connectivity index (χ2n) is 4.81. The molecule has 1 aliphatic heterocycles. The van der Waals surface area contributed by atoms with Gasteiger partial charge in [0.15, 0.2) is 0 Å². The van der Waals surface area contributed by atoms with Gasteiger partial charge >= 0.3 is 0 Å². The summed E-state index contributed by atoms with van der Waals surface area (Å²) >= 11 is 0. The zero-order valence-corrected chi connectivity index (χ0v) is 12.0. The van der Waals surface area contributed by atoms with Crippen molar-refractivity contribution in [3.63, 3.8) is 0 Å². The molecule has 1 aliphatic rings. The lowest BCUT2D eigenvalue weighted by molar-refractivity contribution is 0.0123. The number of hydrogen-bond donors (Lipinski definition) is 1. The molecule has 1 atom stereocenters. The minimum atomic E-state index is -3.55. The molecule has 1 heterocycles. The highest BCUT2D eigenvalue weighted by atomic mass is 32.2. The number of sulfonamides is 1. The van der Waals surface area contributed by atoms with Gasteiger partial charge in [-0.1, -0.05) is 6.07 Å². The monoisotopic (exact) mass is 294 g/mol. The Hall–Kier alpha value is -1.42. The molecule has 0 saturated carbocycles. The molecule has 0 aliphatic carbocycles. The fourth-order valence-corrected chi connectivity index (χ4v) is 3.30. The number of benzene rings is 1. The van der Waals surface area contributed by atoms with E-state index in [-0.39, 0.29) is 11.0 Å². The van der Waals surface area contributed by atoms with Crippen LogP contribution in [0.2, 0.25) is 0 Å². The molecule has 1 N–H and O–H groups in total. The van der Waals surface area contributed by atoms with Crippen molar-refractivity contribution in [1.29, 1.82) is 5.26 Å². The second-order valence-corrected chi connectivity index (χ2v) is 6.58. The predicted octanol–water partition coefficient (Wildman–Crippen LogP) is 1.80. The van der Waals surface area contributed by atoms with Crippen LogP contribution in [-0.4, -0.2) is 27.7 Å². The van der Waals surface area contributed by atoms with Gasteiger partial charge < -0.3 is 4.74 Å². The van der Waals surface area contributed by atoms with Crippen molar-refractivity contribution in [2.45, 2.75) is 36.7 Å². The van der Waals surface area contributed by atoms with Crippen LogP contribution in [-0.2, 0) is 14.8 Å². The van der Waals surface area contributed by atoms with Crippen molar-refractivity contribution in [3.05, 3.63) is 29.8 Å². The van der Waals surface area contributed by atoms with Gasteiger partial charge in [-0.3, -0.25) is 0 Å². The Bertz CT molecular complexity index is 587. The highest BCUT2D eigenvalue weighted by molar-refractivity contribution is 7.89. The van der Waals surface area contributed by atoms with Gasteiger partial charge in [0, 0.05) is 13.2 Å². The van der Waals surface area contributed by atoms with Crippen molar-refractivity contribution in [1.82, 2.24) is 4.72 Å². The van der Waals surface area contributed by atoms with Crippen LogP contribution >= 0.6 is 0 Å². The molecular weight excluding hydrogens is 276 g/mol. The van der Waals surface area contributed by atoms with Gasteiger partial charge in [-0.05, 0) is 43.9 Å². The van der Waals surface area contributed by atoms with E-state index >= 15 is 0 Å². The van der Waals surface area contributed by atoms with Crippen LogP contribution in [0.3, 0.4) is 0 Å². The number of nitrogens with zero attached hydrogens (tertiary/aromatic N) is 1. The number of rotatable bonds is 5. The van der Waals surface area contributed by atoms with Crippen LogP contribution in [0.1, 0.15) is 31.2 Å². The SMILES string of the molecule is N#Cc1cccc(S(=O)(=O)NCCC2CCCCO2)c1. The molecule has 108 valence electrons. The smallest absolute Gasteiger partial charge is 0.240 e. The van der Waals surface area contributed by atoms with Crippen LogP contribution in [0.5, 0.6) is 0 Å². The lowest BCUT2D eigenvalue weighted by Crippen LogP contribution is -2.29. The third-order valence-corrected chi connectivity index (χ3v) is 4.76. The number of ether oxygens (including phenoxy) is 1.